The van der Waals surface area contributed by atoms with Gasteiger partial charge in [-0.25, -0.2) is 0 Å². The van der Waals surface area contributed by atoms with E-state index in [1.807, 2.05) is 0 Å². The molecule has 1 N–H and O–H groups in total. The van der Waals surface area contributed by atoms with E-state index < -0.39 is 0 Å². The molecule has 4 heteroatoms. The lowest BCUT2D eigenvalue weighted by molar-refractivity contribution is 0.0436. The van der Waals surface area contributed by atoms with Gasteiger partial charge in [0, 0.05) is 26.4 Å². The number of methoxy groups -OCH3 is 1. The molecule has 0 heterocycles. The molecule has 1 atom stereocenters. The van der Waals surface area contributed by atoms with E-state index >= 15 is 0 Å². The van der Waals surface area contributed by atoms with Crippen molar-refractivity contribution >= 4 is 0 Å². The summed E-state index contributed by atoms with van der Waals surface area (Å²) in [5.41, 5.74) is 0. The van der Waals surface area contributed by atoms with Crippen LogP contribution in [0.25, 0.3) is 0 Å². The molecule has 0 aliphatic heterocycles. The van der Waals surface area contributed by atoms with Gasteiger partial charge in [0.1, 0.15) is 0 Å². The maximum atomic E-state index is 5.84. The molecule has 0 bridgehead atoms. The molecule has 1 unspecified atom stereocenters. The summed E-state index contributed by atoms with van der Waals surface area (Å²) in [6.45, 7) is 7.08. The molecule has 120 valence electrons. The fourth-order valence-corrected chi connectivity index (χ4v) is 2.77. The summed E-state index contributed by atoms with van der Waals surface area (Å²) in [4.78, 5) is 0. The number of rotatable bonds is 13. The van der Waals surface area contributed by atoms with Gasteiger partial charge in [-0.3, -0.25) is 0 Å². The fourth-order valence-electron chi connectivity index (χ4n) is 2.77. The summed E-state index contributed by atoms with van der Waals surface area (Å²) in [6, 6.07) is 0.548. The second-order valence-electron chi connectivity index (χ2n) is 5.64. The molecule has 0 amide bonds. The third-order valence-corrected chi connectivity index (χ3v) is 3.93. The van der Waals surface area contributed by atoms with E-state index in [4.69, 9.17) is 14.2 Å². The Hall–Kier alpha value is -0.160. The number of nitrogens with one attached hydrogen (secondary N) is 1. The highest BCUT2D eigenvalue weighted by atomic mass is 16.5. The molecule has 0 aromatic rings. The average molecular weight is 287 g/mol. The molecular weight excluding hydrogens is 254 g/mol. The van der Waals surface area contributed by atoms with E-state index in [1.165, 1.54) is 32.1 Å². The Balaban J connectivity index is 2.02. The molecule has 1 aliphatic carbocycles. The van der Waals surface area contributed by atoms with Gasteiger partial charge in [-0.05, 0) is 38.1 Å². The van der Waals surface area contributed by atoms with Gasteiger partial charge in [-0.1, -0.05) is 19.8 Å². The Morgan fingerprint density at radius 1 is 1.05 bits per heavy atom. The van der Waals surface area contributed by atoms with E-state index in [0.717, 1.165) is 38.7 Å². The van der Waals surface area contributed by atoms with E-state index in [0.29, 0.717) is 19.3 Å². The van der Waals surface area contributed by atoms with Crippen molar-refractivity contribution < 1.29 is 14.2 Å². The van der Waals surface area contributed by atoms with Gasteiger partial charge >= 0.3 is 0 Å². The molecular formula is C16H33NO3. The molecule has 1 aliphatic rings. The largest absolute Gasteiger partial charge is 0.382 e. The van der Waals surface area contributed by atoms with Crippen LogP contribution in [0.3, 0.4) is 0 Å². The lowest BCUT2D eigenvalue weighted by atomic mass is 9.99. The first-order valence-electron chi connectivity index (χ1n) is 8.26. The number of hydrogen-bond acceptors (Lipinski definition) is 4. The Morgan fingerprint density at radius 3 is 2.50 bits per heavy atom. The van der Waals surface area contributed by atoms with E-state index in [2.05, 4.69) is 12.2 Å². The summed E-state index contributed by atoms with van der Waals surface area (Å²) in [5, 5.41) is 3.66. The molecule has 4 nitrogen and oxygen atoms in total. The Kier molecular flexibility index (Phi) is 11.2. The molecule has 0 aromatic heterocycles. The molecule has 1 fully saturated rings. The minimum absolute atomic E-state index is 0.548. The van der Waals surface area contributed by atoms with Gasteiger partial charge in [0.15, 0.2) is 0 Å². The van der Waals surface area contributed by atoms with Gasteiger partial charge < -0.3 is 19.5 Å². The van der Waals surface area contributed by atoms with Gasteiger partial charge in [-0.15, -0.1) is 0 Å². The van der Waals surface area contributed by atoms with Gasteiger partial charge in [0.25, 0.3) is 0 Å². The molecule has 0 saturated heterocycles. The van der Waals surface area contributed by atoms with E-state index in [1.54, 1.807) is 7.11 Å². The Bertz CT molecular complexity index is 208. The summed E-state index contributed by atoms with van der Waals surface area (Å²) >= 11 is 0. The summed E-state index contributed by atoms with van der Waals surface area (Å²) in [7, 11) is 1.69. The second-order valence-corrected chi connectivity index (χ2v) is 5.64. The third kappa shape index (κ3) is 8.20. The zero-order valence-corrected chi connectivity index (χ0v) is 13.4. The normalized spacial score (nSPS) is 17.7. The summed E-state index contributed by atoms with van der Waals surface area (Å²) in [5.74, 6) is 0.819. The van der Waals surface area contributed by atoms with Crippen molar-refractivity contribution in [1.29, 1.82) is 0 Å². The van der Waals surface area contributed by atoms with Crippen LogP contribution in [0.5, 0.6) is 0 Å². The van der Waals surface area contributed by atoms with Crippen LogP contribution in [0.15, 0.2) is 0 Å². The minimum atomic E-state index is 0.548. The SMILES string of the molecule is CCCNC(COCCCOCCOC)C1CCCC1. The molecule has 1 saturated carbocycles. The van der Waals surface area contributed by atoms with Crippen molar-refractivity contribution in [1.82, 2.24) is 5.32 Å². The Labute approximate surface area is 124 Å². The van der Waals surface area contributed by atoms with E-state index in [-0.39, 0.29) is 0 Å². The molecule has 20 heavy (non-hydrogen) atoms. The van der Waals surface area contributed by atoms with Crippen LogP contribution in [0.1, 0.15) is 45.4 Å². The highest BCUT2D eigenvalue weighted by Gasteiger charge is 2.24. The lowest BCUT2D eigenvalue weighted by Gasteiger charge is -2.24. The van der Waals surface area contributed by atoms with Crippen LogP contribution in [-0.4, -0.2) is 52.7 Å². The fraction of sp³-hybridized carbons (Fsp3) is 1.00. The maximum Gasteiger partial charge on any atom is 0.0700 e. The molecule has 0 spiro atoms. The zero-order chi connectivity index (χ0) is 14.5. The zero-order valence-electron chi connectivity index (χ0n) is 13.4. The topological polar surface area (TPSA) is 39.7 Å². The maximum absolute atomic E-state index is 5.84. The summed E-state index contributed by atoms with van der Waals surface area (Å²) in [6.07, 6.45) is 7.67. The number of ether oxygens (including phenoxy) is 3. The molecule has 1 rings (SSSR count). The minimum Gasteiger partial charge on any atom is -0.382 e. The van der Waals surface area contributed by atoms with Crippen LogP contribution < -0.4 is 5.32 Å². The third-order valence-electron chi connectivity index (χ3n) is 3.93. The van der Waals surface area contributed by atoms with Crippen LogP contribution in [0, 0.1) is 5.92 Å². The highest BCUT2D eigenvalue weighted by molar-refractivity contribution is 4.80. The standard InChI is InChI=1S/C16H33NO3/c1-3-9-17-16(15-7-4-5-8-15)14-20-11-6-10-19-13-12-18-2/h15-17H,3-14H2,1-2H3. The average Bonchev–Trinajstić information content (AvgIpc) is 2.99. The summed E-state index contributed by atoms with van der Waals surface area (Å²) < 4.78 is 16.2. The predicted molar refractivity (Wildman–Crippen MR) is 82.2 cm³/mol. The van der Waals surface area contributed by atoms with Crippen molar-refractivity contribution in [2.24, 2.45) is 5.92 Å². The molecule has 0 aromatic carbocycles. The van der Waals surface area contributed by atoms with Crippen molar-refractivity contribution in [2.75, 3.05) is 46.7 Å². The van der Waals surface area contributed by atoms with Gasteiger partial charge in [-0.2, -0.15) is 0 Å². The number of hydrogen-bond donors (Lipinski definition) is 1. The van der Waals surface area contributed by atoms with Crippen LogP contribution in [-0.2, 0) is 14.2 Å². The monoisotopic (exact) mass is 287 g/mol. The first kappa shape index (κ1) is 17.9. The van der Waals surface area contributed by atoms with Crippen molar-refractivity contribution in [3.05, 3.63) is 0 Å². The van der Waals surface area contributed by atoms with E-state index in [9.17, 15) is 0 Å². The smallest absolute Gasteiger partial charge is 0.0700 e. The lowest BCUT2D eigenvalue weighted by Crippen LogP contribution is -2.39. The predicted octanol–water partition coefficient (Wildman–Crippen LogP) is 2.61. The highest BCUT2D eigenvalue weighted by Crippen LogP contribution is 2.27. The van der Waals surface area contributed by atoms with Crippen molar-refractivity contribution in [3.63, 3.8) is 0 Å². The van der Waals surface area contributed by atoms with Crippen LogP contribution in [0.2, 0.25) is 0 Å². The second kappa shape index (κ2) is 12.6. The molecule has 0 radical (unpaired) electrons. The van der Waals surface area contributed by atoms with Crippen LogP contribution in [0.4, 0.5) is 0 Å². The Morgan fingerprint density at radius 2 is 1.80 bits per heavy atom. The van der Waals surface area contributed by atoms with Crippen LogP contribution >= 0.6 is 0 Å². The quantitative estimate of drug-likeness (QED) is 0.529. The van der Waals surface area contributed by atoms with Gasteiger partial charge in [0.05, 0.1) is 19.8 Å². The van der Waals surface area contributed by atoms with Crippen molar-refractivity contribution in [3.8, 4) is 0 Å². The van der Waals surface area contributed by atoms with Crippen molar-refractivity contribution in [2.45, 2.75) is 51.5 Å². The first-order valence-corrected chi connectivity index (χ1v) is 8.26. The first-order chi connectivity index (χ1) is 9.88. The van der Waals surface area contributed by atoms with Gasteiger partial charge in [0.2, 0.25) is 0 Å².